The molecule has 1 aliphatic rings. The van der Waals surface area contributed by atoms with Gasteiger partial charge in [0.1, 0.15) is 5.75 Å². The average Bonchev–Trinajstić information content (AvgIpc) is 2.53. The molecule has 0 bridgehead atoms. The number of nitrogens with zero attached hydrogens (tertiary/aromatic N) is 1. The minimum absolute atomic E-state index is 0.0527. The summed E-state index contributed by atoms with van der Waals surface area (Å²) >= 11 is 0. The molecule has 23 heavy (non-hydrogen) atoms. The number of hydrogen-bond acceptors (Lipinski definition) is 3. The average molecular weight is 308 g/mol. The molecule has 2 heterocycles. The first-order chi connectivity index (χ1) is 11.3. The standard InChI is InChI=1S/C19H20N2O2/c22-19-15-7-2-1-6-14(15)18-16(20-19)8-3-9-17(18)23-13-5-12-21-10-4-11-21/h1-3,6-9H,4-5,10-13H2,(H,20,22). The van der Waals surface area contributed by atoms with Gasteiger partial charge in [-0.25, -0.2) is 0 Å². The number of nitrogens with one attached hydrogen (secondary N) is 1. The Morgan fingerprint density at radius 3 is 2.65 bits per heavy atom. The summed E-state index contributed by atoms with van der Waals surface area (Å²) in [4.78, 5) is 17.6. The quantitative estimate of drug-likeness (QED) is 0.582. The lowest BCUT2D eigenvalue weighted by molar-refractivity contribution is 0.166. The molecule has 2 aromatic carbocycles. The number of aromatic nitrogens is 1. The molecule has 0 amide bonds. The van der Waals surface area contributed by atoms with E-state index in [-0.39, 0.29) is 5.56 Å². The van der Waals surface area contributed by atoms with Crippen LogP contribution >= 0.6 is 0 Å². The topological polar surface area (TPSA) is 45.3 Å². The van der Waals surface area contributed by atoms with E-state index >= 15 is 0 Å². The SMILES string of the molecule is O=c1[nH]c2cccc(OCCCN3CCC3)c2c2ccccc12. The predicted molar refractivity (Wildman–Crippen MR) is 93.2 cm³/mol. The summed E-state index contributed by atoms with van der Waals surface area (Å²) < 4.78 is 6.04. The molecule has 1 N–H and O–H groups in total. The lowest BCUT2D eigenvalue weighted by atomic mass is 10.1. The van der Waals surface area contributed by atoms with Crippen LogP contribution in [0.5, 0.6) is 5.75 Å². The molecule has 4 rings (SSSR count). The number of hydrogen-bond donors (Lipinski definition) is 1. The molecular formula is C19H20N2O2. The number of fused-ring (bicyclic) bond motifs is 3. The second kappa shape index (κ2) is 6.05. The summed E-state index contributed by atoms with van der Waals surface area (Å²) in [5.41, 5.74) is 0.775. The van der Waals surface area contributed by atoms with Gasteiger partial charge in [-0.15, -0.1) is 0 Å². The van der Waals surface area contributed by atoms with Crippen molar-refractivity contribution in [1.82, 2.24) is 9.88 Å². The fourth-order valence-electron chi connectivity index (χ4n) is 3.20. The Balaban J connectivity index is 1.66. The maximum atomic E-state index is 12.2. The molecule has 118 valence electrons. The number of aromatic amines is 1. The van der Waals surface area contributed by atoms with Gasteiger partial charge in [0.2, 0.25) is 0 Å². The van der Waals surface area contributed by atoms with Crippen LogP contribution in [-0.4, -0.2) is 36.1 Å². The van der Waals surface area contributed by atoms with Crippen LogP contribution in [-0.2, 0) is 0 Å². The van der Waals surface area contributed by atoms with Crippen molar-refractivity contribution >= 4 is 21.7 Å². The van der Waals surface area contributed by atoms with E-state index in [4.69, 9.17) is 4.74 Å². The molecule has 4 nitrogen and oxygen atoms in total. The van der Waals surface area contributed by atoms with Crippen molar-refractivity contribution in [1.29, 1.82) is 0 Å². The maximum absolute atomic E-state index is 12.2. The molecule has 1 saturated heterocycles. The Morgan fingerprint density at radius 1 is 1.04 bits per heavy atom. The Labute approximate surface area is 134 Å². The van der Waals surface area contributed by atoms with Crippen molar-refractivity contribution in [2.45, 2.75) is 12.8 Å². The third kappa shape index (κ3) is 2.70. The Hall–Kier alpha value is -2.33. The van der Waals surface area contributed by atoms with Gasteiger partial charge in [-0.1, -0.05) is 24.3 Å². The number of likely N-dealkylation sites (tertiary alicyclic amines) is 1. The van der Waals surface area contributed by atoms with Crippen LogP contribution in [0.15, 0.2) is 47.3 Å². The molecule has 1 aliphatic heterocycles. The van der Waals surface area contributed by atoms with Gasteiger partial charge in [0.25, 0.3) is 5.56 Å². The lowest BCUT2D eigenvalue weighted by Gasteiger charge is -2.30. The Bertz CT molecular complexity index is 897. The Kier molecular flexibility index (Phi) is 3.75. The number of H-pyrrole nitrogens is 1. The zero-order chi connectivity index (χ0) is 15.6. The van der Waals surface area contributed by atoms with Gasteiger partial charge < -0.3 is 14.6 Å². The maximum Gasteiger partial charge on any atom is 0.256 e. The van der Waals surface area contributed by atoms with Crippen LogP contribution in [0.4, 0.5) is 0 Å². The molecule has 0 spiro atoms. The van der Waals surface area contributed by atoms with Gasteiger partial charge in [0.15, 0.2) is 0 Å². The first-order valence-electron chi connectivity index (χ1n) is 8.22. The molecule has 3 aromatic rings. The highest BCUT2D eigenvalue weighted by molar-refractivity contribution is 6.08. The fraction of sp³-hybridized carbons (Fsp3) is 0.316. The number of pyridine rings is 1. The number of benzene rings is 2. The zero-order valence-electron chi connectivity index (χ0n) is 13.0. The van der Waals surface area contributed by atoms with E-state index in [9.17, 15) is 4.79 Å². The molecule has 0 unspecified atom stereocenters. The molecule has 1 fully saturated rings. The second-order valence-electron chi connectivity index (χ2n) is 6.08. The lowest BCUT2D eigenvalue weighted by Crippen LogP contribution is -2.38. The van der Waals surface area contributed by atoms with Gasteiger partial charge >= 0.3 is 0 Å². The van der Waals surface area contributed by atoms with Gasteiger partial charge in [-0.3, -0.25) is 4.79 Å². The minimum Gasteiger partial charge on any atom is -0.493 e. The second-order valence-corrected chi connectivity index (χ2v) is 6.08. The van der Waals surface area contributed by atoms with E-state index in [0.717, 1.165) is 35.0 Å². The van der Waals surface area contributed by atoms with E-state index in [1.54, 1.807) is 0 Å². The summed E-state index contributed by atoms with van der Waals surface area (Å²) in [6, 6.07) is 13.5. The van der Waals surface area contributed by atoms with Crippen molar-refractivity contribution in [3.63, 3.8) is 0 Å². The van der Waals surface area contributed by atoms with E-state index < -0.39 is 0 Å². The van der Waals surface area contributed by atoms with Crippen LogP contribution in [0.2, 0.25) is 0 Å². The molecular weight excluding hydrogens is 288 g/mol. The van der Waals surface area contributed by atoms with Crippen LogP contribution < -0.4 is 10.3 Å². The minimum atomic E-state index is -0.0527. The smallest absolute Gasteiger partial charge is 0.256 e. The first kappa shape index (κ1) is 14.3. The van der Waals surface area contributed by atoms with Crippen molar-refractivity contribution in [2.24, 2.45) is 0 Å². The molecule has 0 radical (unpaired) electrons. The number of ether oxygens (including phenoxy) is 1. The highest BCUT2D eigenvalue weighted by Crippen LogP contribution is 2.30. The van der Waals surface area contributed by atoms with Crippen molar-refractivity contribution in [3.05, 3.63) is 52.8 Å². The molecule has 0 atom stereocenters. The van der Waals surface area contributed by atoms with E-state index in [1.807, 2.05) is 42.5 Å². The summed E-state index contributed by atoms with van der Waals surface area (Å²) in [5, 5.41) is 2.65. The summed E-state index contributed by atoms with van der Waals surface area (Å²) in [6.07, 6.45) is 2.35. The van der Waals surface area contributed by atoms with Gasteiger partial charge in [0, 0.05) is 22.7 Å². The highest BCUT2D eigenvalue weighted by Gasteiger charge is 2.13. The molecule has 0 aliphatic carbocycles. The molecule has 1 aromatic heterocycles. The van der Waals surface area contributed by atoms with E-state index in [0.29, 0.717) is 12.0 Å². The van der Waals surface area contributed by atoms with Crippen LogP contribution in [0, 0.1) is 0 Å². The van der Waals surface area contributed by atoms with E-state index in [2.05, 4.69) is 9.88 Å². The van der Waals surface area contributed by atoms with Crippen molar-refractivity contribution in [3.8, 4) is 5.75 Å². The first-order valence-corrected chi connectivity index (χ1v) is 8.22. The van der Waals surface area contributed by atoms with Gasteiger partial charge in [-0.2, -0.15) is 0 Å². The largest absolute Gasteiger partial charge is 0.493 e. The fourth-order valence-corrected chi connectivity index (χ4v) is 3.20. The zero-order valence-corrected chi connectivity index (χ0v) is 13.0. The van der Waals surface area contributed by atoms with Crippen molar-refractivity contribution < 1.29 is 4.74 Å². The summed E-state index contributed by atoms with van der Waals surface area (Å²) in [7, 11) is 0. The van der Waals surface area contributed by atoms with Crippen LogP contribution in [0.3, 0.4) is 0 Å². The predicted octanol–water partition coefficient (Wildman–Crippen LogP) is 3.16. The third-order valence-corrected chi connectivity index (χ3v) is 4.54. The van der Waals surface area contributed by atoms with Crippen LogP contribution in [0.1, 0.15) is 12.8 Å². The normalized spacial score (nSPS) is 15.0. The van der Waals surface area contributed by atoms with Crippen molar-refractivity contribution in [2.75, 3.05) is 26.2 Å². The molecule has 0 saturated carbocycles. The van der Waals surface area contributed by atoms with E-state index in [1.165, 1.54) is 19.5 Å². The highest BCUT2D eigenvalue weighted by atomic mass is 16.5. The number of rotatable bonds is 5. The van der Waals surface area contributed by atoms with Gasteiger partial charge in [0.05, 0.1) is 12.1 Å². The van der Waals surface area contributed by atoms with Crippen LogP contribution in [0.25, 0.3) is 21.7 Å². The Morgan fingerprint density at radius 2 is 1.87 bits per heavy atom. The monoisotopic (exact) mass is 308 g/mol. The summed E-state index contributed by atoms with van der Waals surface area (Å²) in [6.45, 7) is 4.24. The molecule has 4 heteroatoms. The third-order valence-electron chi connectivity index (χ3n) is 4.54. The van der Waals surface area contributed by atoms with Gasteiger partial charge in [-0.05, 0) is 44.1 Å². The summed E-state index contributed by atoms with van der Waals surface area (Å²) in [5.74, 6) is 0.846.